The van der Waals surface area contributed by atoms with Gasteiger partial charge in [0.1, 0.15) is 11.5 Å². The van der Waals surface area contributed by atoms with Gasteiger partial charge in [-0.15, -0.1) is 0 Å². The monoisotopic (exact) mass is 312 g/mol. The Morgan fingerprint density at radius 3 is 2.57 bits per heavy atom. The summed E-state index contributed by atoms with van der Waals surface area (Å²) < 4.78 is 33.8. The molecule has 6 heteroatoms. The van der Waals surface area contributed by atoms with Crippen LogP contribution in [0.4, 0.5) is 0 Å². The second-order valence-corrected chi connectivity index (χ2v) is 8.38. The zero-order valence-corrected chi connectivity index (χ0v) is 13.6. The molecule has 1 aliphatic carbocycles. The fraction of sp³-hybridized carbons (Fsp3) is 0.733. The predicted molar refractivity (Wildman–Crippen MR) is 81.0 cm³/mol. The van der Waals surface area contributed by atoms with Crippen molar-refractivity contribution in [2.75, 3.05) is 20.1 Å². The van der Waals surface area contributed by atoms with Crippen LogP contribution >= 0.6 is 0 Å². The maximum atomic E-state index is 12.5. The van der Waals surface area contributed by atoms with E-state index >= 15 is 0 Å². The molecule has 5 nitrogen and oxygen atoms in total. The van der Waals surface area contributed by atoms with Crippen LogP contribution in [0.2, 0.25) is 0 Å². The summed E-state index contributed by atoms with van der Waals surface area (Å²) in [5.74, 6) is 2.95. The largest absolute Gasteiger partial charge is 0.464 e. The lowest BCUT2D eigenvalue weighted by atomic mass is 10.2. The SMILES string of the molecule is C[C@H]1C[C@H]1c1ccc(CN(C)S(=O)(=O)N2CCCCC2)o1. The molecule has 0 amide bonds. The molecule has 118 valence electrons. The lowest BCUT2D eigenvalue weighted by Crippen LogP contribution is -2.43. The van der Waals surface area contributed by atoms with Crippen LogP contribution in [-0.2, 0) is 16.8 Å². The molecule has 1 saturated heterocycles. The second-order valence-electron chi connectivity index (χ2n) is 6.35. The van der Waals surface area contributed by atoms with E-state index in [0.717, 1.165) is 30.8 Å². The van der Waals surface area contributed by atoms with E-state index in [1.54, 1.807) is 11.4 Å². The van der Waals surface area contributed by atoms with Gasteiger partial charge in [-0.3, -0.25) is 0 Å². The van der Waals surface area contributed by atoms with E-state index in [-0.39, 0.29) is 0 Å². The van der Waals surface area contributed by atoms with Gasteiger partial charge in [0.15, 0.2) is 0 Å². The first-order valence-electron chi connectivity index (χ1n) is 7.78. The van der Waals surface area contributed by atoms with Gasteiger partial charge < -0.3 is 4.42 Å². The third kappa shape index (κ3) is 3.17. The summed E-state index contributed by atoms with van der Waals surface area (Å²) in [6.07, 6.45) is 4.21. The van der Waals surface area contributed by atoms with Crippen molar-refractivity contribution in [1.82, 2.24) is 8.61 Å². The number of hydrogen-bond acceptors (Lipinski definition) is 3. The van der Waals surface area contributed by atoms with Crippen LogP contribution in [0.15, 0.2) is 16.5 Å². The van der Waals surface area contributed by atoms with Crippen molar-refractivity contribution in [3.8, 4) is 0 Å². The minimum atomic E-state index is -3.36. The standard InChI is InChI=1S/C15H24N2O3S/c1-12-10-14(12)15-7-6-13(20-15)11-16(2)21(18,19)17-8-4-3-5-9-17/h6-7,12,14H,3-5,8-11H2,1-2H3/t12-,14+/m0/s1. The molecule has 1 saturated carbocycles. The van der Waals surface area contributed by atoms with Crippen molar-refractivity contribution >= 4 is 10.2 Å². The minimum Gasteiger partial charge on any atom is -0.464 e. The van der Waals surface area contributed by atoms with E-state index in [1.807, 2.05) is 12.1 Å². The van der Waals surface area contributed by atoms with Crippen LogP contribution in [0.25, 0.3) is 0 Å². The van der Waals surface area contributed by atoms with E-state index < -0.39 is 10.2 Å². The van der Waals surface area contributed by atoms with Gasteiger partial charge in [-0.25, -0.2) is 0 Å². The van der Waals surface area contributed by atoms with Crippen LogP contribution in [0.5, 0.6) is 0 Å². The lowest BCUT2D eigenvalue weighted by molar-refractivity contribution is 0.305. The van der Waals surface area contributed by atoms with E-state index in [1.165, 1.54) is 10.7 Å². The highest BCUT2D eigenvalue weighted by molar-refractivity contribution is 7.86. The summed E-state index contributed by atoms with van der Waals surface area (Å²) in [5.41, 5.74) is 0. The molecular weight excluding hydrogens is 288 g/mol. The highest BCUT2D eigenvalue weighted by Gasteiger charge is 2.37. The normalized spacial score (nSPS) is 27.2. The predicted octanol–water partition coefficient (Wildman–Crippen LogP) is 2.57. The zero-order chi connectivity index (χ0) is 15.0. The van der Waals surface area contributed by atoms with E-state index in [0.29, 0.717) is 31.5 Å². The van der Waals surface area contributed by atoms with Crippen molar-refractivity contribution in [2.24, 2.45) is 5.92 Å². The average Bonchev–Trinajstić information content (AvgIpc) is 3.02. The Labute approximate surface area is 127 Å². The van der Waals surface area contributed by atoms with Gasteiger partial charge in [0.2, 0.25) is 0 Å². The molecule has 1 aromatic rings. The van der Waals surface area contributed by atoms with Crippen LogP contribution in [0, 0.1) is 5.92 Å². The number of furan rings is 1. The van der Waals surface area contributed by atoms with E-state index in [2.05, 4.69) is 6.92 Å². The topological polar surface area (TPSA) is 53.8 Å². The van der Waals surface area contributed by atoms with Crippen molar-refractivity contribution in [1.29, 1.82) is 0 Å². The van der Waals surface area contributed by atoms with Crippen molar-refractivity contribution < 1.29 is 12.8 Å². The smallest absolute Gasteiger partial charge is 0.282 e. The maximum absolute atomic E-state index is 12.5. The molecular formula is C15H24N2O3S. The Morgan fingerprint density at radius 2 is 1.95 bits per heavy atom. The summed E-state index contributed by atoms with van der Waals surface area (Å²) in [6.45, 7) is 3.78. The average molecular weight is 312 g/mol. The fourth-order valence-corrected chi connectivity index (χ4v) is 4.40. The summed E-state index contributed by atoms with van der Waals surface area (Å²) >= 11 is 0. The van der Waals surface area contributed by atoms with Crippen molar-refractivity contribution in [3.05, 3.63) is 23.7 Å². The van der Waals surface area contributed by atoms with E-state index in [9.17, 15) is 8.42 Å². The molecule has 0 unspecified atom stereocenters. The van der Waals surface area contributed by atoms with Crippen LogP contribution in [0.1, 0.15) is 50.0 Å². The Hall–Kier alpha value is -0.850. The Balaban J connectivity index is 1.64. The third-order valence-corrected chi connectivity index (χ3v) is 6.51. The maximum Gasteiger partial charge on any atom is 0.282 e. The lowest BCUT2D eigenvalue weighted by Gasteiger charge is -2.29. The summed E-state index contributed by atoms with van der Waals surface area (Å²) in [5, 5.41) is 0. The summed E-state index contributed by atoms with van der Waals surface area (Å²) in [6, 6.07) is 3.90. The molecule has 0 aromatic carbocycles. The molecule has 2 aliphatic rings. The number of hydrogen-bond donors (Lipinski definition) is 0. The molecule has 1 aliphatic heterocycles. The summed E-state index contributed by atoms with van der Waals surface area (Å²) in [4.78, 5) is 0. The molecule has 1 aromatic heterocycles. The molecule has 2 fully saturated rings. The van der Waals surface area contributed by atoms with E-state index in [4.69, 9.17) is 4.42 Å². The fourth-order valence-electron chi connectivity index (χ4n) is 2.99. The molecule has 2 heterocycles. The third-order valence-electron chi connectivity index (χ3n) is 4.57. The quantitative estimate of drug-likeness (QED) is 0.839. The van der Waals surface area contributed by atoms with Crippen LogP contribution in [-0.4, -0.2) is 37.2 Å². The molecule has 0 radical (unpaired) electrons. The zero-order valence-electron chi connectivity index (χ0n) is 12.8. The molecule has 2 atom stereocenters. The Kier molecular flexibility index (Phi) is 4.12. The molecule has 3 rings (SSSR count). The molecule has 0 N–H and O–H groups in total. The highest BCUT2D eigenvalue weighted by atomic mass is 32.2. The first-order chi connectivity index (χ1) is 9.98. The van der Waals surface area contributed by atoms with Gasteiger partial charge in [-0.05, 0) is 37.3 Å². The Bertz CT molecular complexity index is 590. The van der Waals surface area contributed by atoms with Gasteiger partial charge in [0.05, 0.1) is 6.54 Å². The molecule has 0 bridgehead atoms. The molecule has 0 spiro atoms. The number of nitrogens with zero attached hydrogens (tertiary/aromatic N) is 2. The van der Waals surface area contributed by atoms with Gasteiger partial charge in [-0.2, -0.15) is 17.0 Å². The number of piperidine rings is 1. The number of rotatable bonds is 5. The second kappa shape index (κ2) is 5.74. The Morgan fingerprint density at radius 1 is 1.29 bits per heavy atom. The van der Waals surface area contributed by atoms with Gasteiger partial charge in [-0.1, -0.05) is 13.3 Å². The molecule has 21 heavy (non-hydrogen) atoms. The first kappa shape index (κ1) is 15.1. The van der Waals surface area contributed by atoms with Crippen molar-refractivity contribution in [3.63, 3.8) is 0 Å². The van der Waals surface area contributed by atoms with Gasteiger partial charge in [0, 0.05) is 26.1 Å². The van der Waals surface area contributed by atoms with Crippen LogP contribution < -0.4 is 0 Å². The van der Waals surface area contributed by atoms with Crippen molar-refractivity contribution in [2.45, 2.75) is 45.1 Å². The minimum absolute atomic E-state index is 0.305. The van der Waals surface area contributed by atoms with Gasteiger partial charge in [0.25, 0.3) is 10.2 Å². The first-order valence-corrected chi connectivity index (χ1v) is 9.18. The summed E-state index contributed by atoms with van der Waals surface area (Å²) in [7, 11) is -1.73. The van der Waals surface area contributed by atoms with Gasteiger partial charge >= 0.3 is 0 Å². The van der Waals surface area contributed by atoms with Crippen LogP contribution in [0.3, 0.4) is 0 Å². The highest BCUT2D eigenvalue weighted by Crippen LogP contribution is 2.47.